The standard InChI is InChI=1S/C23H29N3O5S2/c27-23(25-20-8-5-9-22(17-20)33(30,31)26-14-3-4-15-26)12-13-24-32(28,29)21-11-10-18-6-1-2-7-19(18)16-21/h5,8-11,16-17,24H,1-4,6-7,12-15H2,(H,25,27). The highest BCUT2D eigenvalue weighted by Crippen LogP contribution is 2.25. The summed E-state index contributed by atoms with van der Waals surface area (Å²) in [7, 11) is -7.29. The molecular weight excluding hydrogens is 462 g/mol. The third kappa shape index (κ3) is 5.63. The van der Waals surface area contributed by atoms with Gasteiger partial charge in [-0.2, -0.15) is 4.31 Å². The van der Waals surface area contributed by atoms with Crippen molar-refractivity contribution in [1.29, 1.82) is 0 Å². The Morgan fingerprint density at radius 3 is 2.33 bits per heavy atom. The zero-order valence-corrected chi connectivity index (χ0v) is 20.1. The predicted octanol–water partition coefficient (Wildman–Crippen LogP) is 2.66. The Kier molecular flexibility index (Phi) is 7.18. The van der Waals surface area contributed by atoms with Crippen molar-refractivity contribution in [3.63, 3.8) is 0 Å². The molecule has 0 atom stereocenters. The van der Waals surface area contributed by atoms with Gasteiger partial charge in [-0.1, -0.05) is 12.1 Å². The number of nitrogens with zero attached hydrogens (tertiary/aromatic N) is 1. The molecule has 1 aliphatic heterocycles. The number of amides is 1. The van der Waals surface area contributed by atoms with E-state index in [1.807, 2.05) is 6.07 Å². The van der Waals surface area contributed by atoms with E-state index in [4.69, 9.17) is 0 Å². The highest BCUT2D eigenvalue weighted by Gasteiger charge is 2.27. The highest BCUT2D eigenvalue weighted by atomic mass is 32.2. The van der Waals surface area contributed by atoms with Gasteiger partial charge >= 0.3 is 0 Å². The molecule has 0 bridgehead atoms. The minimum atomic E-state index is -3.71. The number of rotatable bonds is 8. The number of fused-ring (bicyclic) bond motifs is 1. The molecule has 2 aromatic rings. The molecule has 178 valence electrons. The maximum atomic E-state index is 12.7. The summed E-state index contributed by atoms with van der Waals surface area (Å²) < 4.78 is 54.6. The molecule has 1 aliphatic carbocycles. The summed E-state index contributed by atoms with van der Waals surface area (Å²) >= 11 is 0. The normalized spacial score (nSPS) is 17.0. The maximum Gasteiger partial charge on any atom is 0.243 e. The molecule has 1 amide bonds. The number of nitrogens with one attached hydrogen (secondary N) is 2. The lowest BCUT2D eigenvalue weighted by Gasteiger charge is -2.17. The van der Waals surface area contributed by atoms with Gasteiger partial charge in [0.25, 0.3) is 0 Å². The molecule has 0 aromatic heterocycles. The first kappa shape index (κ1) is 23.9. The lowest BCUT2D eigenvalue weighted by Crippen LogP contribution is -2.28. The van der Waals surface area contributed by atoms with E-state index < -0.39 is 26.0 Å². The smallest absolute Gasteiger partial charge is 0.243 e. The van der Waals surface area contributed by atoms with Crippen LogP contribution >= 0.6 is 0 Å². The largest absolute Gasteiger partial charge is 0.326 e. The summed E-state index contributed by atoms with van der Waals surface area (Å²) in [4.78, 5) is 12.7. The molecule has 1 fully saturated rings. The number of carbonyl (C=O) groups is 1. The SMILES string of the molecule is O=C(CCNS(=O)(=O)c1ccc2c(c1)CCCC2)Nc1cccc(S(=O)(=O)N2CCCC2)c1. The molecule has 0 unspecified atom stereocenters. The predicted molar refractivity (Wildman–Crippen MR) is 126 cm³/mol. The Morgan fingerprint density at radius 1 is 0.848 bits per heavy atom. The number of benzene rings is 2. The van der Waals surface area contributed by atoms with Crippen molar-refractivity contribution in [3.8, 4) is 0 Å². The lowest BCUT2D eigenvalue weighted by molar-refractivity contribution is -0.116. The van der Waals surface area contributed by atoms with Crippen LogP contribution in [0.4, 0.5) is 5.69 Å². The van der Waals surface area contributed by atoms with Gasteiger partial charge in [-0.15, -0.1) is 0 Å². The topological polar surface area (TPSA) is 113 Å². The fourth-order valence-electron chi connectivity index (χ4n) is 4.29. The van der Waals surface area contributed by atoms with Gasteiger partial charge in [0, 0.05) is 31.7 Å². The van der Waals surface area contributed by atoms with E-state index in [1.165, 1.54) is 22.0 Å². The van der Waals surface area contributed by atoms with Gasteiger partial charge in [-0.3, -0.25) is 4.79 Å². The molecule has 1 heterocycles. The van der Waals surface area contributed by atoms with E-state index in [0.717, 1.165) is 44.1 Å². The molecule has 1 saturated heterocycles. The van der Waals surface area contributed by atoms with Crippen molar-refractivity contribution in [2.45, 2.75) is 54.7 Å². The van der Waals surface area contributed by atoms with Gasteiger partial charge in [-0.05, 0) is 80.0 Å². The molecule has 8 nitrogen and oxygen atoms in total. The number of anilines is 1. The van der Waals surface area contributed by atoms with Crippen LogP contribution in [0.5, 0.6) is 0 Å². The highest BCUT2D eigenvalue weighted by molar-refractivity contribution is 7.89. The first-order chi connectivity index (χ1) is 15.8. The number of hydrogen-bond acceptors (Lipinski definition) is 5. The molecule has 2 N–H and O–H groups in total. The summed E-state index contributed by atoms with van der Waals surface area (Å²) in [5.74, 6) is -0.404. The molecule has 33 heavy (non-hydrogen) atoms. The molecule has 10 heteroatoms. The second-order valence-electron chi connectivity index (χ2n) is 8.47. The second kappa shape index (κ2) is 9.92. The fraction of sp³-hybridized carbons (Fsp3) is 0.435. The average molecular weight is 492 g/mol. The number of carbonyl (C=O) groups excluding carboxylic acids is 1. The minimum Gasteiger partial charge on any atom is -0.326 e. The second-order valence-corrected chi connectivity index (χ2v) is 12.2. The van der Waals surface area contributed by atoms with Crippen LogP contribution in [-0.2, 0) is 37.7 Å². The molecule has 2 aromatic carbocycles. The molecule has 0 spiro atoms. The summed E-state index contributed by atoms with van der Waals surface area (Å²) in [6, 6.07) is 11.3. The quantitative estimate of drug-likeness (QED) is 0.590. The summed E-state index contributed by atoms with van der Waals surface area (Å²) in [6.07, 6.45) is 5.66. The van der Waals surface area contributed by atoms with E-state index >= 15 is 0 Å². The number of aryl methyl sites for hydroxylation is 2. The van der Waals surface area contributed by atoms with Crippen molar-refractivity contribution in [3.05, 3.63) is 53.6 Å². The Hall–Kier alpha value is -2.27. The summed E-state index contributed by atoms with van der Waals surface area (Å²) in [5, 5.41) is 2.66. The monoisotopic (exact) mass is 491 g/mol. The van der Waals surface area contributed by atoms with Gasteiger partial charge in [-0.25, -0.2) is 21.6 Å². The Balaban J connectivity index is 1.33. The molecule has 0 radical (unpaired) electrons. The van der Waals surface area contributed by atoms with E-state index in [2.05, 4.69) is 10.0 Å². The third-order valence-electron chi connectivity index (χ3n) is 6.10. The maximum absolute atomic E-state index is 12.7. The van der Waals surface area contributed by atoms with Crippen LogP contribution in [0, 0.1) is 0 Å². The number of sulfonamides is 2. The zero-order valence-electron chi connectivity index (χ0n) is 18.4. The summed E-state index contributed by atoms with van der Waals surface area (Å²) in [5.41, 5.74) is 2.64. The Morgan fingerprint density at radius 2 is 1.58 bits per heavy atom. The Bertz CT molecular complexity index is 1240. The van der Waals surface area contributed by atoms with Gasteiger partial charge in [0.05, 0.1) is 9.79 Å². The first-order valence-corrected chi connectivity index (χ1v) is 14.2. The van der Waals surface area contributed by atoms with Gasteiger partial charge in [0.2, 0.25) is 26.0 Å². The van der Waals surface area contributed by atoms with Crippen molar-refractivity contribution >= 4 is 31.6 Å². The fourth-order valence-corrected chi connectivity index (χ4v) is 6.94. The lowest BCUT2D eigenvalue weighted by atomic mass is 9.92. The Labute approximate surface area is 195 Å². The molecular formula is C23H29N3O5S2. The van der Waals surface area contributed by atoms with Crippen molar-refractivity contribution < 1.29 is 21.6 Å². The van der Waals surface area contributed by atoms with Crippen LogP contribution in [0.2, 0.25) is 0 Å². The molecule has 0 saturated carbocycles. The van der Waals surface area contributed by atoms with Crippen LogP contribution in [0.1, 0.15) is 43.2 Å². The van der Waals surface area contributed by atoms with E-state index in [-0.39, 0.29) is 22.8 Å². The first-order valence-electron chi connectivity index (χ1n) is 11.3. The number of hydrogen-bond donors (Lipinski definition) is 2. The van der Waals surface area contributed by atoms with Gasteiger partial charge in [0.1, 0.15) is 0 Å². The van der Waals surface area contributed by atoms with Crippen molar-refractivity contribution in [1.82, 2.24) is 9.03 Å². The van der Waals surface area contributed by atoms with E-state index in [9.17, 15) is 21.6 Å². The van der Waals surface area contributed by atoms with Crippen LogP contribution < -0.4 is 10.0 Å². The third-order valence-corrected chi connectivity index (χ3v) is 9.45. The summed E-state index contributed by atoms with van der Waals surface area (Å²) in [6.45, 7) is 0.948. The van der Waals surface area contributed by atoms with Crippen molar-refractivity contribution in [2.75, 3.05) is 25.0 Å². The zero-order chi connectivity index (χ0) is 23.5. The van der Waals surface area contributed by atoms with Crippen molar-refractivity contribution in [2.24, 2.45) is 0 Å². The van der Waals surface area contributed by atoms with E-state index in [0.29, 0.717) is 18.8 Å². The van der Waals surface area contributed by atoms with Crippen LogP contribution in [-0.4, -0.2) is 46.7 Å². The van der Waals surface area contributed by atoms with Crippen LogP contribution in [0.25, 0.3) is 0 Å². The molecule has 4 rings (SSSR count). The molecule has 2 aliphatic rings. The van der Waals surface area contributed by atoms with E-state index in [1.54, 1.807) is 24.3 Å². The minimum absolute atomic E-state index is 0.0585. The van der Waals surface area contributed by atoms with Crippen LogP contribution in [0.15, 0.2) is 52.3 Å². The van der Waals surface area contributed by atoms with Gasteiger partial charge < -0.3 is 5.32 Å². The van der Waals surface area contributed by atoms with Gasteiger partial charge in [0.15, 0.2) is 0 Å². The average Bonchev–Trinajstić information content (AvgIpc) is 3.35. The van der Waals surface area contributed by atoms with Crippen LogP contribution in [0.3, 0.4) is 0 Å².